The van der Waals surface area contributed by atoms with Crippen LogP contribution in [0.15, 0.2) is 60.7 Å². The maximum absolute atomic E-state index is 2.36. The molecule has 0 N–H and O–H groups in total. The van der Waals surface area contributed by atoms with Crippen molar-refractivity contribution in [3.05, 3.63) is 94.0 Å². The highest BCUT2D eigenvalue weighted by molar-refractivity contribution is 5.83. The molecule has 3 aromatic carbocycles. The molecule has 0 radical (unpaired) electrons. The molecular weight excluding hydrogens is 300 g/mol. The highest BCUT2D eigenvalue weighted by atomic mass is 14.4. The molecule has 0 saturated heterocycles. The number of rotatable bonds is 2. The number of benzene rings is 3. The van der Waals surface area contributed by atoms with Gasteiger partial charge in [-0.05, 0) is 47.2 Å². The lowest BCUT2D eigenvalue weighted by Gasteiger charge is -2.22. The largest absolute Gasteiger partial charge is 0.0587 e. The molecule has 0 atom stereocenters. The van der Waals surface area contributed by atoms with E-state index in [1.807, 2.05) is 0 Å². The van der Waals surface area contributed by atoms with Crippen LogP contribution in [0.2, 0.25) is 0 Å². The first kappa shape index (κ1) is 15.9. The minimum atomic E-state index is 0.0599. The molecule has 0 aromatic heterocycles. The summed E-state index contributed by atoms with van der Waals surface area (Å²) in [5.41, 5.74) is 10.8. The quantitative estimate of drug-likeness (QED) is 0.456. The van der Waals surface area contributed by atoms with Crippen LogP contribution in [0, 0.1) is 13.8 Å². The first-order chi connectivity index (χ1) is 11.9. The van der Waals surface area contributed by atoms with Crippen LogP contribution in [0.25, 0.3) is 23.3 Å². The summed E-state index contributed by atoms with van der Waals surface area (Å²) in [6, 6.07) is 22.4. The van der Waals surface area contributed by atoms with E-state index in [4.69, 9.17) is 0 Å². The molecule has 0 saturated carbocycles. The van der Waals surface area contributed by atoms with Gasteiger partial charge in [-0.1, -0.05) is 97.8 Å². The van der Waals surface area contributed by atoms with Crippen molar-refractivity contribution in [2.75, 3.05) is 0 Å². The lowest BCUT2D eigenvalue weighted by molar-refractivity contribution is 0.659. The van der Waals surface area contributed by atoms with Crippen molar-refractivity contribution < 1.29 is 0 Å². The molecule has 0 heterocycles. The van der Waals surface area contributed by atoms with Gasteiger partial charge >= 0.3 is 0 Å². The molecule has 3 aromatic rings. The summed E-state index contributed by atoms with van der Waals surface area (Å²) < 4.78 is 0. The minimum Gasteiger partial charge on any atom is -0.0587 e. The van der Waals surface area contributed by atoms with E-state index in [2.05, 4.69) is 101 Å². The van der Waals surface area contributed by atoms with Crippen LogP contribution in [0.4, 0.5) is 0 Å². The van der Waals surface area contributed by atoms with Crippen LogP contribution < -0.4 is 0 Å². The maximum atomic E-state index is 2.36. The van der Waals surface area contributed by atoms with Crippen LogP contribution in [0.1, 0.15) is 47.2 Å². The van der Waals surface area contributed by atoms with Crippen LogP contribution in [0.5, 0.6) is 0 Å². The molecule has 0 fully saturated rings. The first-order valence-electron chi connectivity index (χ1n) is 8.96. The lowest BCUT2D eigenvalue weighted by Crippen LogP contribution is -2.15. The third-order valence-corrected chi connectivity index (χ3v) is 5.40. The Bertz CT molecular complexity index is 969. The predicted octanol–water partition coefficient (Wildman–Crippen LogP) is 6.78. The second kappa shape index (κ2) is 5.74. The Morgan fingerprint density at radius 2 is 1.12 bits per heavy atom. The summed E-state index contributed by atoms with van der Waals surface area (Å²) in [4.78, 5) is 0. The van der Waals surface area contributed by atoms with Crippen molar-refractivity contribution in [3.8, 4) is 11.1 Å². The van der Waals surface area contributed by atoms with E-state index >= 15 is 0 Å². The topological polar surface area (TPSA) is 0 Å². The van der Waals surface area contributed by atoms with Crippen molar-refractivity contribution in [2.24, 2.45) is 0 Å². The highest BCUT2D eigenvalue weighted by Crippen LogP contribution is 2.49. The van der Waals surface area contributed by atoms with Gasteiger partial charge in [0.15, 0.2) is 0 Å². The number of fused-ring (bicyclic) bond motifs is 3. The van der Waals surface area contributed by atoms with E-state index in [0.29, 0.717) is 0 Å². The Balaban J connectivity index is 1.73. The Hall–Kier alpha value is -2.60. The van der Waals surface area contributed by atoms with Crippen LogP contribution >= 0.6 is 0 Å². The van der Waals surface area contributed by atoms with Gasteiger partial charge in [0.2, 0.25) is 0 Å². The number of hydrogen-bond acceptors (Lipinski definition) is 0. The molecule has 124 valence electrons. The summed E-state index contributed by atoms with van der Waals surface area (Å²) in [7, 11) is 0. The highest BCUT2D eigenvalue weighted by Gasteiger charge is 2.35. The fourth-order valence-corrected chi connectivity index (χ4v) is 3.84. The van der Waals surface area contributed by atoms with Gasteiger partial charge in [-0.3, -0.25) is 0 Å². The lowest BCUT2D eigenvalue weighted by atomic mass is 9.81. The monoisotopic (exact) mass is 324 g/mol. The third-order valence-electron chi connectivity index (χ3n) is 5.40. The molecule has 1 aliphatic carbocycles. The molecule has 4 rings (SSSR count). The zero-order valence-corrected chi connectivity index (χ0v) is 15.4. The van der Waals surface area contributed by atoms with E-state index in [9.17, 15) is 0 Å². The zero-order valence-electron chi connectivity index (χ0n) is 15.4. The van der Waals surface area contributed by atoms with E-state index in [1.165, 1.54) is 44.5 Å². The van der Waals surface area contributed by atoms with Crippen molar-refractivity contribution in [2.45, 2.75) is 33.1 Å². The Labute approximate surface area is 150 Å². The summed E-state index contributed by atoms with van der Waals surface area (Å²) in [6.45, 7) is 8.97. The summed E-state index contributed by atoms with van der Waals surface area (Å²) in [5, 5.41) is 0. The molecule has 25 heavy (non-hydrogen) atoms. The molecule has 0 nitrogen and oxygen atoms in total. The Morgan fingerprint density at radius 1 is 0.600 bits per heavy atom. The van der Waals surface area contributed by atoms with Crippen LogP contribution in [-0.4, -0.2) is 0 Å². The second-order valence-corrected chi connectivity index (χ2v) is 7.72. The average molecular weight is 324 g/mol. The van der Waals surface area contributed by atoms with Crippen molar-refractivity contribution in [1.82, 2.24) is 0 Å². The molecular formula is C25H24. The van der Waals surface area contributed by atoms with E-state index in [0.717, 1.165) is 0 Å². The zero-order chi connectivity index (χ0) is 17.6. The van der Waals surface area contributed by atoms with Gasteiger partial charge in [-0.25, -0.2) is 0 Å². The van der Waals surface area contributed by atoms with Gasteiger partial charge in [-0.15, -0.1) is 0 Å². The van der Waals surface area contributed by atoms with E-state index in [1.54, 1.807) is 0 Å². The van der Waals surface area contributed by atoms with Gasteiger partial charge in [-0.2, -0.15) is 0 Å². The number of hydrogen-bond donors (Lipinski definition) is 0. The number of aryl methyl sites for hydroxylation is 2. The molecule has 0 bridgehead atoms. The summed E-state index contributed by atoms with van der Waals surface area (Å²) in [5.74, 6) is 0. The van der Waals surface area contributed by atoms with Gasteiger partial charge in [0.05, 0.1) is 0 Å². The van der Waals surface area contributed by atoms with Gasteiger partial charge in [0.1, 0.15) is 0 Å². The second-order valence-electron chi connectivity index (χ2n) is 7.72. The Kier molecular flexibility index (Phi) is 3.65. The summed E-state index contributed by atoms with van der Waals surface area (Å²) >= 11 is 0. The predicted molar refractivity (Wildman–Crippen MR) is 109 cm³/mol. The fourth-order valence-electron chi connectivity index (χ4n) is 3.84. The van der Waals surface area contributed by atoms with Gasteiger partial charge < -0.3 is 0 Å². The molecule has 0 aliphatic heterocycles. The van der Waals surface area contributed by atoms with Crippen LogP contribution in [0.3, 0.4) is 0 Å². The van der Waals surface area contributed by atoms with Crippen LogP contribution in [-0.2, 0) is 5.41 Å². The van der Waals surface area contributed by atoms with Crippen molar-refractivity contribution in [3.63, 3.8) is 0 Å². The van der Waals surface area contributed by atoms with E-state index in [-0.39, 0.29) is 5.41 Å². The third kappa shape index (κ3) is 2.72. The van der Waals surface area contributed by atoms with Gasteiger partial charge in [0, 0.05) is 5.41 Å². The molecule has 0 unspecified atom stereocenters. The molecule has 0 amide bonds. The Morgan fingerprint density at radius 3 is 1.84 bits per heavy atom. The normalized spacial score (nSPS) is 14.6. The molecule has 1 aliphatic rings. The molecule has 0 spiro atoms. The van der Waals surface area contributed by atoms with E-state index < -0.39 is 0 Å². The smallest absolute Gasteiger partial charge is 0.0159 e. The van der Waals surface area contributed by atoms with Crippen molar-refractivity contribution in [1.29, 1.82) is 0 Å². The standard InChI is InChI=1S/C25H24/c1-17-5-8-19(9-6-17)10-11-20-12-14-22-21-13-7-18(2)15-23(21)25(3,4)24(22)16-20/h5-16H,1-4H3/b11-10+. The van der Waals surface area contributed by atoms with Crippen molar-refractivity contribution >= 4 is 12.2 Å². The SMILES string of the molecule is Cc1ccc(/C=C/c2ccc3c(c2)C(C)(C)c2cc(C)ccc2-3)cc1. The minimum absolute atomic E-state index is 0.0599. The first-order valence-corrected chi connectivity index (χ1v) is 8.96. The summed E-state index contributed by atoms with van der Waals surface area (Å²) in [6.07, 6.45) is 4.41. The average Bonchev–Trinajstić information content (AvgIpc) is 2.82. The maximum Gasteiger partial charge on any atom is 0.0159 e. The molecule has 0 heteroatoms. The van der Waals surface area contributed by atoms with Gasteiger partial charge in [0.25, 0.3) is 0 Å². The fraction of sp³-hybridized carbons (Fsp3) is 0.200.